The van der Waals surface area contributed by atoms with E-state index in [1.165, 1.54) is 31.2 Å². The van der Waals surface area contributed by atoms with Gasteiger partial charge in [0.25, 0.3) is 0 Å². The van der Waals surface area contributed by atoms with Crippen LogP contribution < -0.4 is 0 Å². The zero-order valence-corrected chi connectivity index (χ0v) is 15.8. The topological polar surface area (TPSA) is 149 Å². The molecule has 0 aliphatic carbocycles. The molecule has 142 valence electrons. The highest BCUT2D eigenvalue weighted by atomic mass is 79.9. The maximum atomic E-state index is 10.7. The number of rotatable bonds is 4. The van der Waals surface area contributed by atoms with Crippen LogP contribution in [-0.4, -0.2) is 44.3 Å². The Morgan fingerprint density at radius 3 is 1.52 bits per heavy atom. The summed E-state index contributed by atoms with van der Waals surface area (Å²) in [5.41, 5.74) is 0.807. The first-order valence-electron chi connectivity index (χ1n) is 7.30. The minimum Gasteiger partial charge on any atom is -0.478 e. The van der Waals surface area contributed by atoms with Crippen LogP contribution in [0.15, 0.2) is 34.8 Å². The van der Waals surface area contributed by atoms with Gasteiger partial charge in [-0.2, -0.15) is 0 Å². The lowest BCUT2D eigenvalue weighted by Crippen LogP contribution is -2.06. The monoisotopic (exact) mass is 438 g/mol. The fourth-order valence-electron chi connectivity index (χ4n) is 2.12. The van der Waals surface area contributed by atoms with Gasteiger partial charge in [-0.1, -0.05) is 22.0 Å². The zero-order valence-electron chi connectivity index (χ0n) is 14.2. The number of halogens is 1. The Morgan fingerprint density at radius 2 is 1.15 bits per heavy atom. The Balaban J connectivity index is 0.000000271. The third-order valence-corrected chi connectivity index (χ3v) is 4.44. The highest BCUT2D eigenvalue weighted by Crippen LogP contribution is 2.22. The number of carbonyl (C=O) groups is 4. The van der Waals surface area contributed by atoms with Crippen LogP contribution in [0.3, 0.4) is 0 Å². The molecule has 0 saturated carbocycles. The van der Waals surface area contributed by atoms with E-state index < -0.39 is 23.9 Å². The molecular weight excluding hydrogens is 424 g/mol. The lowest BCUT2D eigenvalue weighted by molar-refractivity contribution is 0.0675. The Bertz CT molecular complexity index is 901. The number of aromatic carboxylic acids is 4. The smallest absolute Gasteiger partial charge is 0.336 e. The van der Waals surface area contributed by atoms with Crippen LogP contribution in [0.25, 0.3) is 0 Å². The van der Waals surface area contributed by atoms with Gasteiger partial charge in [-0.3, -0.25) is 0 Å². The second-order valence-corrected chi connectivity index (χ2v) is 6.18. The molecule has 4 N–H and O–H groups in total. The van der Waals surface area contributed by atoms with E-state index in [2.05, 4.69) is 15.9 Å². The highest BCUT2D eigenvalue weighted by molar-refractivity contribution is 9.10. The average molecular weight is 439 g/mol. The summed E-state index contributed by atoms with van der Waals surface area (Å²) in [6.45, 7) is 3.09. The van der Waals surface area contributed by atoms with Crippen molar-refractivity contribution in [2.24, 2.45) is 0 Å². The molecule has 0 heterocycles. The minimum absolute atomic E-state index is 0.00299. The first-order chi connectivity index (χ1) is 12.5. The van der Waals surface area contributed by atoms with Gasteiger partial charge in [0.05, 0.1) is 22.3 Å². The van der Waals surface area contributed by atoms with E-state index in [0.717, 1.165) is 6.07 Å². The van der Waals surface area contributed by atoms with Crippen molar-refractivity contribution in [3.8, 4) is 0 Å². The van der Waals surface area contributed by atoms with Gasteiger partial charge >= 0.3 is 23.9 Å². The van der Waals surface area contributed by atoms with Gasteiger partial charge in [0, 0.05) is 4.47 Å². The Kier molecular flexibility index (Phi) is 7.24. The molecule has 9 heteroatoms. The number of hydrogen-bond donors (Lipinski definition) is 4. The molecule has 27 heavy (non-hydrogen) atoms. The molecule has 8 nitrogen and oxygen atoms in total. The molecule has 0 aliphatic rings. The first-order valence-corrected chi connectivity index (χ1v) is 8.09. The first kappa shape index (κ1) is 21.8. The van der Waals surface area contributed by atoms with Crippen LogP contribution >= 0.6 is 15.9 Å². The quantitative estimate of drug-likeness (QED) is 0.565. The summed E-state index contributed by atoms with van der Waals surface area (Å²) < 4.78 is 0.481. The molecule has 2 rings (SSSR count). The fraction of sp³-hybridized carbons (Fsp3) is 0.111. The molecule has 0 aromatic heterocycles. The van der Waals surface area contributed by atoms with Crippen LogP contribution in [0.4, 0.5) is 0 Å². The maximum Gasteiger partial charge on any atom is 0.336 e. The number of carboxylic acids is 4. The van der Waals surface area contributed by atoms with Crippen molar-refractivity contribution >= 4 is 39.8 Å². The van der Waals surface area contributed by atoms with Gasteiger partial charge in [0.15, 0.2) is 0 Å². The van der Waals surface area contributed by atoms with Gasteiger partial charge in [-0.15, -0.1) is 0 Å². The maximum absolute atomic E-state index is 10.7. The van der Waals surface area contributed by atoms with Gasteiger partial charge in [-0.25, -0.2) is 19.2 Å². The standard InChI is InChI=1S/C9H7BrO4.C9H8O4/c1-4-6(9(13)14)2-5(8(11)12)3-7(4)10;1-5-6(8(10)11)3-2-4-7(5)9(12)13/h2-3H,1H3,(H,11,12)(H,13,14);2-4H,1H3,(H,10,11)(H,12,13). The van der Waals surface area contributed by atoms with E-state index in [0.29, 0.717) is 10.0 Å². The van der Waals surface area contributed by atoms with Crippen molar-refractivity contribution in [1.29, 1.82) is 0 Å². The van der Waals surface area contributed by atoms with Gasteiger partial charge in [0.1, 0.15) is 0 Å². The Labute approximate surface area is 161 Å². The van der Waals surface area contributed by atoms with Gasteiger partial charge in [-0.05, 0) is 49.2 Å². The van der Waals surface area contributed by atoms with Crippen molar-refractivity contribution in [2.45, 2.75) is 13.8 Å². The SMILES string of the molecule is Cc1c(Br)cc(C(=O)O)cc1C(=O)O.Cc1c(C(=O)O)cccc1C(=O)O. The summed E-state index contributed by atoms with van der Waals surface area (Å²) in [5.74, 6) is -4.50. The summed E-state index contributed by atoms with van der Waals surface area (Å²) in [4.78, 5) is 42.6. The molecule has 0 bridgehead atoms. The molecule has 0 spiro atoms. The summed E-state index contributed by atoms with van der Waals surface area (Å²) in [7, 11) is 0. The predicted molar refractivity (Wildman–Crippen MR) is 97.9 cm³/mol. The van der Waals surface area contributed by atoms with E-state index in [1.54, 1.807) is 6.92 Å². The zero-order chi connectivity index (χ0) is 20.9. The van der Waals surface area contributed by atoms with E-state index in [9.17, 15) is 19.2 Å². The summed E-state index contributed by atoms with van der Waals surface area (Å²) >= 11 is 3.11. The normalized spacial score (nSPS) is 9.74. The lowest BCUT2D eigenvalue weighted by Gasteiger charge is -2.04. The van der Waals surface area contributed by atoms with E-state index in [-0.39, 0.29) is 27.8 Å². The third-order valence-electron chi connectivity index (χ3n) is 3.62. The largest absolute Gasteiger partial charge is 0.478 e. The Morgan fingerprint density at radius 1 is 0.704 bits per heavy atom. The molecular formula is C18H15BrO8. The predicted octanol–water partition coefficient (Wildman–Crippen LogP) is 3.55. The summed E-state index contributed by atoms with van der Waals surface area (Å²) in [6.07, 6.45) is 0. The second-order valence-electron chi connectivity index (χ2n) is 5.33. The third kappa shape index (κ3) is 5.38. The molecule has 0 aliphatic heterocycles. The fourth-order valence-corrected chi connectivity index (χ4v) is 2.58. The summed E-state index contributed by atoms with van der Waals surface area (Å²) in [5, 5.41) is 34.8. The molecule has 0 saturated heterocycles. The van der Waals surface area contributed by atoms with Crippen molar-refractivity contribution in [3.63, 3.8) is 0 Å². The van der Waals surface area contributed by atoms with Crippen molar-refractivity contribution < 1.29 is 39.6 Å². The Hall–Kier alpha value is -3.20. The number of benzene rings is 2. The van der Waals surface area contributed by atoms with Gasteiger partial charge in [0.2, 0.25) is 0 Å². The van der Waals surface area contributed by atoms with E-state index >= 15 is 0 Å². The van der Waals surface area contributed by atoms with E-state index in [4.69, 9.17) is 20.4 Å². The van der Waals surface area contributed by atoms with Crippen LogP contribution in [0.2, 0.25) is 0 Å². The van der Waals surface area contributed by atoms with Gasteiger partial charge < -0.3 is 20.4 Å². The molecule has 0 fully saturated rings. The lowest BCUT2D eigenvalue weighted by atomic mass is 10.0. The average Bonchev–Trinajstić information content (AvgIpc) is 2.56. The van der Waals surface area contributed by atoms with Crippen LogP contribution in [0.1, 0.15) is 52.6 Å². The number of hydrogen-bond acceptors (Lipinski definition) is 4. The molecule has 2 aromatic rings. The molecule has 0 atom stereocenters. The van der Waals surface area contributed by atoms with Crippen molar-refractivity contribution in [3.05, 3.63) is 68.2 Å². The summed E-state index contributed by atoms with van der Waals surface area (Å²) in [6, 6.07) is 6.70. The highest BCUT2D eigenvalue weighted by Gasteiger charge is 2.15. The molecule has 0 radical (unpaired) electrons. The second kappa shape index (κ2) is 8.95. The van der Waals surface area contributed by atoms with Crippen LogP contribution in [0.5, 0.6) is 0 Å². The van der Waals surface area contributed by atoms with Crippen LogP contribution in [-0.2, 0) is 0 Å². The molecule has 2 aromatic carbocycles. The van der Waals surface area contributed by atoms with Crippen molar-refractivity contribution in [1.82, 2.24) is 0 Å². The molecule has 0 unspecified atom stereocenters. The number of carboxylic acid groups (broad SMARTS) is 4. The van der Waals surface area contributed by atoms with Crippen molar-refractivity contribution in [2.75, 3.05) is 0 Å². The minimum atomic E-state index is -1.15. The van der Waals surface area contributed by atoms with E-state index in [1.807, 2.05) is 0 Å². The molecule has 0 amide bonds. The van der Waals surface area contributed by atoms with Crippen LogP contribution in [0, 0.1) is 13.8 Å².